The molecule has 0 atom stereocenters. The molecule has 1 aromatic carbocycles. The number of aromatic nitrogens is 2. The summed E-state index contributed by atoms with van der Waals surface area (Å²) in [6.45, 7) is 10.2. The fourth-order valence-corrected chi connectivity index (χ4v) is 2.02. The maximum Gasteiger partial charge on any atom is 0.229 e. The first kappa shape index (κ1) is 15.5. The van der Waals surface area contributed by atoms with Crippen molar-refractivity contribution in [2.24, 2.45) is 0 Å². The van der Waals surface area contributed by atoms with Crippen LogP contribution in [-0.2, 0) is 13.2 Å². The standard InChI is InChI=1S/C16H23N3O2/c1-5-17-9-13-8-6-7-12(4)15(13)20-10-14-18-16(11(2)3)21-19-14/h6-8,11,17H,5,9-10H2,1-4H3. The molecule has 2 rings (SSSR count). The molecule has 0 aliphatic heterocycles. The number of hydrogen-bond donors (Lipinski definition) is 1. The highest BCUT2D eigenvalue weighted by Crippen LogP contribution is 2.24. The van der Waals surface area contributed by atoms with Crippen LogP contribution in [0.15, 0.2) is 22.7 Å². The average molecular weight is 289 g/mol. The number of hydrogen-bond acceptors (Lipinski definition) is 5. The van der Waals surface area contributed by atoms with E-state index >= 15 is 0 Å². The van der Waals surface area contributed by atoms with Gasteiger partial charge in [0.25, 0.3) is 0 Å². The lowest BCUT2D eigenvalue weighted by molar-refractivity contribution is 0.279. The van der Waals surface area contributed by atoms with Crippen LogP contribution in [-0.4, -0.2) is 16.7 Å². The minimum absolute atomic E-state index is 0.231. The second-order valence-electron chi connectivity index (χ2n) is 5.34. The topological polar surface area (TPSA) is 60.2 Å². The van der Waals surface area contributed by atoms with E-state index in [1.54, 1.807) is 0 Å². The summed E-state index contributed by atoms with van der Waals surface area (Å²) in [5, 5.41) is 7.27. The van der Waals surface area contributed by atoms with Gasteiger partial charge in [-0.15, -0.1) is 0 Å². The highest BCUT2D eigenvalue weighted by molar-refractivity contribution is 5.40. The lowest BCUT2D eigenvalue weighted by Gasteiger charge is -2.13. The monoisotopic (exact) mass is 289 g/mol. The van der Waals surface area contributed by atoms with Crippen LogP contribution in [0.25, 0.3) is 0 Å². The fraction of sp³-hybridized carbons (Fsp3) is 0.500. The van der Waals surface area contributed by atoms with Crippen LogP contribution in [0.5, 0.6) is 5.75 Å². The van der Waals surface area contributed by atoms with E-state index in [2.05, 4.69) is 28.4 Å². The minimum atomic E-state index is 0.231. The molecule has 0 aliphatic rings. The summed E-state index contributed by atoms with van der Waals surface area (Å²) >= 11 is 0. The lowest BCUT2D eigenvalue weighted by Crippen LogP contribution is -2.13. The second-order valence-corrected chi connectivity index (χ2v) is 5.34. The molecule has 5 nitrogen and oxygen atoms in total. The molecular formula is C16H23N3O2. The largest absolute Gasteiger partial charge is 0.485 e. The van der Waals surface area contributed by atoms with Crippen LogP contribution in [0.3, 0.4) is 0 Å². The summed E-state index contributed by atoms with van der Waals surface area (Å²) < 4.78 is 11.1. The molecule has 0 amide bonds. The molecule has 0 saturated heterocycles. The Morgan fingerprint density at radius 1 is 1.33 bits per heavy atom. The van der Waals surface area contributed by atoms with Crippen molar-refractivity contribution in [3.63, 3.8) is 0 Å². The Balaban J connectivity index is 2.07. The SMILES string of the molecule is CCNCc1cccc(C)c1OCc1noc(C(C)C)n1. The van der Waals surface area contributed by atoms with E-state index in [-0.39, 0.29) is 5.92 Å². The zero-order valence-electron chi connectivity index (χ0n) is 13.1. The Morgan fingerprint density at radius 2 is 2.14 bits per heavy atom. The van der Waals surface area contributed by atoms with Crippen molar-refractivity contribution in [3.05, 3.63) is 41.0 Å². The zero-order valence-corrected chi connectivity index (χ0v) is 13.1. The van der Waals surface area contributed by atoms with Gasteiger partial charge in [-0.1, -0.05) is 44.1 Å². The number of para-hydroxylation sites is 1. The van der Waals surface area contributed by atoms with E-state index in [9.17, 15) is 0 Å². The van der Waals surface area contributed by atoms with Gasteiger partial charge in [0, 0.05) is 18.0 Å². The molecular weight excluding hydrogens is 266 g/mol. The molecule has 21 heavy (non-hydrogen) atoms. The molecule has 0 bridgehead atoms. The van der Waals surface area contributed by atoms with Crippen molar-refractivity contribution in [2.45, 2.75) is 46.8 Å². The Bertz CT molecular complexity index is 579. The van der Waals surface area contributed by atoms with Crippen molar-refractivity contribution in [1.29, 1.82) is 0 Å². The molecule has 0 fully saturated rings. The quantitative estimate of drug-likeness (QED) is 0.848. The van der Waals surface area contributed by atoms with Crippen molar-refractivity contribution in [1.82, 2.24) is 15.5 Å². The molecule has 0 radical (unpaired) electrons. The van der Waals surface area contributed by atoms with E-state index in [4.69, 9.17) is 9.26 Å². The molecule has 0 unspecified atom stereocenters. The molecule has 5 heteroatoms. The van der Waals surface area contributed by atoms with E-state index in [1.807, 2.05) is 32.9 Å². The summed E-state index contributed by atoms with van der Waals surface area (Å²) in [6, 6.07) is 6.15. The number of aryl methyl sites for hydroxylation is 1. The fourth-order valence-electron chi connectivity index (χ4n) is 2.02. The molecule has 0 spiro atoms. The molecule has 0 aliphatic carbocycles. The van der Waals surface area contributed by atoms with Gasteiger partial charge in [-0.25, -0.2) is 0 Å². The highest BCUT2D eigenvalue weighted by atomic mass is 16.5. The van der Waals surface area contributed by atoms with E-state index in [1.165, 1.54) is 0 Å². The molecule has 114 valence electrons. The van der Waals surface area contributed by atoms with Gasteiger partial charge in [0.2, 0.25) is 11.7 Å². The highest BCUT2D eigenvalue weighted by Gasteiger charge is 2.12. The predicted octanol–water partition coefficient (Wildman–Crippen LogP) is 3.19. The van der Waals surface area contributed by atoms with Gasteiger partial charge in [-0.05, 0) is 19.0 Å². The molecule has 2 aromatic rings. The molecule has 1 aromatic heterocycles. The third-order valence-corrected chi connectivity index (χ3v) is 3.18. The summed E-state index contributed by atoms with van der Waals surface area (Å²) in [5.41, 5.74) is 2.25. The third-order valence-electron chi connectivity index (χ3n) is 3.18. The summed E-state index contributed by atoms with van der Waals surface area (Å²) in [4.78, 5) is 4.33. The van der Waals surface area contributed by atoms with E-state index in [0.29, 0.717) is 18.3 Å². The first-order valence-corrected chi connectivity index (χ1v) is 7.36. The van der Waals surface area contributed by atoms with Gasteiger partial charge in [0.15, 0.2) is 6.61 Å². The van der Waals surface area contributed by atoms with Crippen LogP contribution in [0, 0.1) is 6.92 Å². The smallest absolute Gasteiger partial charge is 0.229 e. The van der Waals surface area contributed by atoms with E-state index in [0.717, 1.165) is 30.0 Å². The Kier molecular flexibility index (Phi) is 5.33. The van der Waals surface area contributed by atoms with Crippen molar-refractivity contribution in [2.75, 3.05) is 6.54 Å². The van der Waals surface area contributed by atoms with Crippen molar-refractivity contribution >= 4 is 0 Å². The number of benzene rings is 1. The van der Waals surface area contributed by atoms with Crippen LogP contribution < -0.4 is 10.1 Å². The van der Waals surface area contributed by atoms with Crippen LogP contribution in [0.1, 0.15) is 49.5 Å². The van der Waals surface area contributed by atoms with Gasteiger partial charge in [0.05, 0.1) is 0 Å². The van der Waals surface area contributed by atoms with Crippen LogP contribution >= 0.6 is 0 Å². The maximum atomic E-state index is 5.92. The van der Waals surface area contributed by atoms with E-state index < -0.39 is 0 Å². The van der Waals surface area contributed by atoms with Crippen LogP contribution in [0.2, 0.25) is 0 Å². The Hall–Kier alpha value is -1.88. The molecule has 1 heterocycles. The normalized spacial score (nSPS) is 11.1. The number of nitrogens with one attached hydrogen (secondary N) is 1. The predicted molar refractivity (Wildman–Crippen MR) is 81.3 cm³/mol. The van der Waals surface area contributed by atoms with Gasteiger partial charge in [-0.2, -0.15) is 4.98 Å². The second kappa shape index (κ2) is 7.22. The van der Waals surface area contributed by atoms with Crippen molar-refractivity contribution in [3.8, 4) is 5.75 Å². The molecule has 0 saturated carbocycles. The molecule has 1 N–H and O–H groups in total. The Labute approximate surface area is 125 Å². The third kappa shape index (κ3) is 4.04. The number of rotatable bonds is 7. The zero-order chi connectivity index (χ0) is 15.2. The minimum Gasteiger partial charge on any atom is -0.485 e. The summed E-state index contributed by atoms with van der Waals surface area (Å²) in [5.74, 6) is 2.35. The lowest BCUT2D eigenvalue weighted by atomic mass is 10.1. The van der Waals surface area contributed by atoms with Gasteiger partial charge >= 0.3 is 0 Å². The maximum absolute atomic E-state index is 5.92. The number of ether oxygens (including phenoxy) is 1. The summed E-state index contributed by atoms with van der Waals surface area (Å²) in [7, 11) is 0. The van der Waals surface area contributed by atoms with Crippen molar-refractivity contribution < 1.29 is 9.26 Å². The number of nitrogens with zero attached hydrogens (tertiary/aromatic N) is 2. The van der Waals surface area contributed by atoms with Gasteiger partial charge < -0.3 is 14.6 Å². The first-order chi connectivity index (χ1) is 10.1. The van der Waals surface area contributed by atoms with Gasteiger partial charge in [-0.3, -0.25) is 0 Å². The van der Waals surface area contributed by atoms with Crippen LogP contribution in [0.4, 0.5) is 0 Å². The first-order valence-electron chi connectivity index (χ1n) is 7.36. The average Bonchev–Trinajstić information content (AvgIpc) is 2.93. The Morgan fingerprint density at radius 3 is 2.81 bits per heavy atom. The summed E-state index contributed by atoms with van der Waals surface area (Å²) in [6.07, 6.45) is 0. The van der Waals surface area contributed by atoms with Gasteiger partial charge in [0.1, 0.15) is 5.75 Å².